The molecule has 14 atom stereocenters. The maximum absolute atomic E-state index is 10.8. The summed E-state index contributed by atoms with van der Waals surface area (Å²) in [5.74, 6) is 0. The third-order valence-electron chi connectivity index (χ3n) is 6.41. The minimum absolute atomic E-state index is 0.243. The molecule has 3 saturated heterocycles. The van der Waals surface area contributed by atoms with E-state index in [1.807, 2.05) is 0 Å². The van der Waals surface area contributed by atoms with Gasteiger partial charge in [0.05, 0.1) is 31.5 Å². The van der Waals surface area contributed by atoms with Gasteiger partial charge in [-0.05, 0) is 20.8 Å². The van der Waals surface area contributed by atoms with Crippen LogP contribution in [0, 0.1) is 0 Å². The molecule has 15 heteroatoms. The molecule has 0 saturated carbocycles. The number of aliphatic hydroxyl groups excluding tert-OH is 9. The first-order chi connectivity index (χ1) is 17.3. The molecule has 14 unspecified atom stereocenters. The molecule has 3 aliphatic rings. The number of hydrogen-bond acceptors (Lipinski definition) is 15. The van der Waals surface area contributed by atoms with Crippen LogP contribution in [0.1, 0.15) is 27.2 Å². The van der Waals surface area contributed by atoms with Crippen molar-refractivity contribution in [2.45, 2.75) is 119 Å². The van der Waals surface area contributed by atoms with Crippen molar-refractivity contribution in [3.63, 3.8) is 0 Å². The van der Waals surface area contributed by atoms with Crippen molar-refractivity contribution in [1.29, 1.82) is 0 Å². The average molecular weight is 545 g/mol. The number of rotatable bonds is 8. The Kier molecular flexibility index (Phi) is 10.6. The van der Waals surface area contributed by atoms with E-state index in [1.165, 1.54) is 0 Å². The molecule has 0 spiro atoms. The van der Waals surface area contributed by atoms with Crippen LogP contribution in [0.25, 0.3) is 0 Å². The average Bonchev–Trinajstić information content (AvgIpc) is 2.83. The van der Waals surface area contributed by atoms with Gasteiger partial charge in [0.25, 0.3) is 0 Å². The zero-order chi connectivity index (χ0) is 27.7. The first-order valence-corrected chi connectivity index (χ1v) is 12.2. The summed E-state index contributed by atoms with van der Waals surface area (Å²) in [6, 6.07) is 0. The quantitative estimate of drug-likeness (QED) is 0.139. The fourth-order valence-electron chi connectivity index (χ4n) is 4.61. The maximum Gasteiger partial charge on any atom is 0.187 e. The second-order valence-corrected chi connectivity index (χ2v) is 10.4. The van der Waals surface area contributed by atoms with Crippen LogP contribution in [0.15, 0.2) is 0 Å². The molecule has 0 aromatic heterocycles. The van der Waals surface area contributed by atoms with Crippen LogP contribution in [0.5, 0.6) is 0 Å². The molecule has 0 amide bonds. The minimum Gasteiger partial charge on any atom is -0.394 e. The Labute approximate surface area is 213 Å². The molecular weight excluding hydrogens is 504 g/mol. The van der Waals surface area contributed by atoms with Crippen molar-refractivity contribution in [2.75, 3.05) is 19.8 Å². The molecule has 3 heterocycles. The van der Waals surface area contributed by atoms with Gasteiger partial charge < -0.3 is 74.4 Å². The van der Waals surface area contributed by atoms with Crippen molar-refractivity contribution in [1.82, 2.24) is 0 Å². The van der Waals surface area contributed by atoms with E-state index in [2.05, 4.69) is 0 Å². The molecular formula is C22H40O15. The molecule has 37 heavy (non-hydrogen) atoms. The van der Waals surface area contributed by atoms with Gasteiger partial charge in [0.2, 0.25) is 0 Å². The monoisotopic (exact) mass is 544 g/mol. The molecule has 9 N–H and O–H groups in total. The molecule has 0 aromatic carbocycles. The van der Waals surface area contributed by atoms with Crippen LogP contribution in [0.4, 0.5) is 0 Å². The Balaban J connectivity index is 1.70. The molecule has 0 aliphatic carbocycles. The van der Waals surface area contributed by atoms with E-state index < -0.39 is 111 Å². The van der Waals surface area contributed by atoms with Crippen molar-refractivity contribution in [3.8, 4) is 0 Å². The number of aliphatic hydroxyl groups is 9. The number of ether oxygens (including phenoxy) is 6. The van der Waals surface area contributed by atoms with Crippen LogP contribution < -0.4 is 0 Å². The molecule has 15 nitrogen and oxygen atoms in total. The number of hydrogen-bond donors (Lipinski definition) is 9. The molecule has 3 fully saturated rings. The highest BCUT2D eigenvalue weighted by Gasteiger charge is 2.53. The van der Waals surface area contributed by atoms with Gasteiger partial charge in [-0.15, -0.1) is 0 Å². The Morgan fingerprint density at radius 3 is 1.54 bits per heavy atom. The van der Waals surface area contributed by atoms with Crippen molar-refractivity contribution >= 4 is 0 Å². The summed E-state index contributed by atoms with van der Waals surface area (Å²) in [5, 5.41) is 91.7. The SMILES string of the molecule is CC(C)(C)OC1C(CO)OC(OC2C(CO)OC(OC3C(O)CC(O)OC3CO)C(O)C2O)C(O)C1O. The largest absolute Gasteiger partial charge is 0.394 e. The lowest BCUT2D eigenvalue weighted by Crippen LogP contribution is -2.66. The van der Waals surface area contributed by atoms with E-state index in [9.17, 15) is 46.0 Å². The highest BCUT2D eigenvalue weighted by atomic mass is 16.8. The Morgan fingerprint density at radius 1 is 0.622 bits per heavy atom. The van der Waals surface area contributed by atoms with E-state index in [-0.39, 0.29) is 6.42 Å². The predicted octanol–water partition coefficient (Wildman–Crippen LogP) is -4.72. The third-order valence-corrected chi connectivity index (χ3v) is 6.41. The second kappa shape index (κ2) is 12.7. The topological polar surface area (TPSA) is 237 Å². The van der Waals surface area contributed by atoms with Crippen molar-refractivity contribution in [3.05, 3.63) is 0 Å². The van der Waals surface area contributed by atoms with Gasteiger partial charge >= 0.3 is 0 Å². The lowest BCUT2D eigenvalue weighted by Gasteiger charge is -2.48. The van der Waals surface area contributed by atoms with Crippen LogP contribution in [-0.4, -0.2) is 157 Å². The van der Waals surface area contributed by atoms with Gasteiger partial charge in [0.15, 0.2) is 18.9 Å². The summed E-state index contributed by atoms with van der Waals surface area (Å²) in [4.78, 5) is 0. The van der Waals surface area contributed by atoms with Gasteiger partial charge in [0.1, 0.15) is 61.0 Å². The normalized spacial score (nSPS) is 47.7. The first kappa shape index (κ1) is 30.9. The summed E-state index contributed by atoms with van der Waals surface area (Å²) in [6.45, 7) is 3.17. The summed E-state index contributed by atoms with van der Waals surface area (Å²) in [6.07, 6.45) is -20.4. The molecule has 218 valence electrons. The summed E-state index contributed by atoms with van der Waals surface area (Å²) < 4.78 is 33.2. The standard InChI is InChI=1S/C22H40O15/c1-22(2,3)37-19-11(7-25)34-21(16(31)14(19)29)36-18-10(6-24)33-20(15(30)13(18)28)35-17-8(26)4-12(27)32-9(17)5-23/h8-21,23-31H,4-7H2,1-3H3. The summed E-state index contributed by atoms with van der Waals surface area (Å²) in [7, 11) is 0. The fourth-order valence-corrected chi connectivity index (χ4v) is 4.61. The van der Waals surface area contributed by atoms with Gasteiger partial charge in [-0.1, -0.05) is 0 Å². The highest BCUT2D eigenvalue weighted by molar-refractivity contribution is 4.96. The van der Waals surface area contributed by atoms with Gasteiger partial charge in [-0.25, -0.2) is 0 Å². The zero-order valence-electron chi connectivity index (χ0n) is 20.9. The van der Waals surface area contributed by atoms with Crippen LogP contribution >= 0.6 is 0 Å². The van der Waals surface area contributed by atoms with E-state index in [0.717, 1.165) is 0 Å². The predicted molar refractivity (Wildman–Crippen MR) is 118 cm³/mol. The minimum atomic E-state index is -1.80. The molecule has 0 radical (unpaired) electrons. The zero-order valence-corrected chi connectivity index (χ0v) is 20.9. The molecule has 0 bridgehead atoms. The van der Waals surface area contributed by atoms with Gasteiger partial charge in [-0.3, -0.25) is 0 Å². The van der Waals surface area contributed by atoms with E-state index >= 15 is 0 Å². The molecule has 0 aromatic rings. The lowest BCUT2D eigenvalue weighted by atomic mass is 9.96. The first-order valence-electron chi connectivity index (χ1n) is 12.2. The maximum atomic E-state index is 10.8. The lowest BCUT2D eigenvalue weighted by molar-refractivity contribution is -0.375. The van der Waals surface area contributed by atoms with Crippen molar-refractivity contribution in [2.24, 2.45) is 0 Å². The van der Waals surface area contributed by atoms with Crippen molar-refractivity contribution < 1.29 is 74.4 Å². The Bertz CT molecular complexity index is 702. The third kappa shape index (κ3) is 7.13. The summed E-state index contributed by atoms with van der Waals surface area (Å²) >= 11 is 0. The molecule has 3 rings (SSSR count). The Morgan fingerprint density at radius 2 is 1.05 bits per heavy atom. The van der Waals surface area contributed by atoms with Crippen LogP contribution in [0.2, 0.25) is 0 Å². The smallest absolute Gasteiger partial charge is 0.187 e. The van der Waals surface area contributed by atoms with Gasteiger partial charge in [-0.2, -0.15) is 0 Å². The summed E-state index contributed by atoms with van der Waals surface area (Å²) in [5.41, 5.74) is -0.742. The van der Waals surface area contributed by atoms with Crippen LogP contribution in [0.3, 0.4) is 0 Å². The molecule has 3 aliphatic heterocycles. The van der Waals surface area contributed by atoms with E-state index in [1.54, 1.807) is 20.8 Å². The fraction of sp³-hybridized carbons (Fsp3) is 1.00. The van der Waals surface area contributed by atoms with Gasteiger partial charge in [0, 0.05) is 6.42 Å². The van der Waals surface area contributed by atoms with E-state index in [4.69, 9.17) is 28.4 Å². The second-order valence-electron chi connectivity index (χ2n) is 10.4. The van der Waals surface area contributed by atoms with E-state index in [0.29, 0.717) is 0 Å². The highest BCUT2D eigenvalue weighted by Crippen LogP contribution is 2.33. The van der Waals surface area contributed by atoms with Crippen LogP contribution in [-0.2, 0) is 28.4 Å². The Hall–Kier alpha value is -0.600.